The Morgan fingerprint density at radius 1 is 1.25 bits per heavy atom. The SMILES string of the molecule is O=C(Nc1ccc(C2OCCO2)cc1)OCC(F)(F)F. The third-order valence-electron chi connectivity index (χ3n) is 2.42. The lowest BCUT2D eigenvalue weighted by molar-refractivity contribution is -0.159. The van der Waals surface area contributed by atoms with Gasteiger partial charge in [0, 0.05) is 11.3 Å². The zero-order valence-corrected chi connectivity index (χ0v) is 10.3. The Bertz CT molecular complexity index is 455. The smallest absolute Gasteiger partial charge is 0.422 e. The monoisotopic (exact) mass is 291 g/mol. The quantitative estimate of drug-likeness (QED) is 0.930. The summed E-state index contributed by atoms with van der Waals surface area (Å²) in [7, 11) is 0. The predicted octanol–water partition coefficient (Wildman–Crippen LogP) is 2.84. The molecule has 1 N–H and O–H groups in total. The summed E-state index contributed by atoms with van der Waals surface area (Å²) >= 11 is 0. The number of anilines is 1. The van der Waals surface area contributed by atoms with Gasteiger partial charge in [-0.25, -0.2) is 4.79 Å². The molecule has 1 aromatic rings. The van der Waals surface area contributed by atoms with E-state index in [1.54, 1.807) is 12.1 Å². The zero-order chi connectivity index (χ0) is 14.6. The molecular formula is C12H12F3NO4. The number of benzene rings is 1. The van der Waals surface area contributed by atoms with Crippen molar-refractivity contribution in [1.82, 2.24) is 0 Å². The molecule has 1 fully saturated rings. The molecule has 5 nitrogen and oxygen atoms in total. The van der Waals surface area contributed by atoms with E-state index in [-0.39, 0.29) is 0 Å². The Kier molecular flexibility index (Phi) is 4.46. The summed E-state index contributed by atoms with van der Waals surface area (Å²) in [6.07, 6.45) is -6.15. The number of hydrogen-bond donors (Lipinski definition) is 1. The van der Waals surface area contributed by atoms with Crippen molar-refractivity contribution in [3.05, 3.63) is 29.8 Å². The molecule has 0 bridgehead atoms. The molecule has 1 aromatic carbocycles. The first kappa shape index (κ1) is 14.6. The first-order valence-corrected chi connectivity index (χ1v) is 5.78. The Labute approximate surface area is 112 Å². The summed E-state index contributed by atoms with van der Waals surface area (Å²) in [5, 5.41) is 2.19. The van der Waals surface area contributed by atoms with E-state index in [1.165, 1.54) is 12.1 Å². The molecule has 1 saturated heterocycles. The number of amides is 1. The van der Waals surface area contributed by atoms with Crippen LogP contribution in [0.2, 0.25) is 0 Å². The van der Waals surface area contributed by atoms with Crippen molar-refractivity contribution in [2.75, 3.05) is 25.1 Å². The van der Waals surface area contributed by atoms with Gasteiger partial charge in [0.25, 0.3) is 0 Å². The molecule has 0 atom stereocenters. The number of alkyl halides is 3. The van der Waals surface area contributed by atoms with Crippen molar-refractivity contribution in [2.24, 2.45) is 0 Å². The molecule has 1 aliphatic heterocycles. The van der Waals surface area contributed by atoms with Crippen LogP contribution < -0.4 is 5.32 Å². The summed E-state index contributed by atoms with van der Waals surface area (Å²) in [5.74, 6) is 0. The van der Waals surface area contributed by atoms with E-state index in [1.807, 2.05) is 0 Å². The van der Waals surface area contributed by atoms with Crippen LogP contribution in [0.15, 0.2) is 24.3 Å². The van der Waals surface area contributed by atoms with Gasteiger partial charge in [-0.2, -0.15) is 13.2 Å². The molecule has 20 heavy (non-hydrogen) atoms. The second kappa shape index (κ2) is 6.10. The van der Waals surface area contributed by atoms with Gasteiger partial charge in [0.2, 0.25) is 0 Å². The Morgan fingerprint density at radius 2 is 1.85 bits per heavy atom. The van der Waals surface area contributed by atoms with Crippen LogP contribution >= 0.6 is 0 Å². The Morgan fingerprint density at radius 3 is 2.40 bits per heavy atom. The minimum absolute atomic E-state index is 0.318. The second-order valence-electron chi connectivity index (χ2n) is 4.01. The number of carbonyl (C=O) groups excluding carboxylic acids is 1. The van der Waals surface area contributed by atoms with E-state index in [9.17, 15) is 18.0 Å². The summed E-state index contributed by atoms with van der Waals surface area (Å²) < 4.78 is 50.1. The Hall–Kier alpha value is -1.80. The predicted molar refractivity (Wildman–Crippen MR) is 62.1 cm³/mol. The van der Waals surface area contributed by atoms with Crippen LogP contribution in [0.3, 0.4) is 0 Å². The highest BCUT2D eigenvalue weighted by Gasteiger charge is 2.29. The number of rotatable bonds is 3. The van der Waals surface area contributed by atoms with Gasteiger partial charge in [0.1, 0.15) is 0 Å². The standard InChI is InChI=1S/C12H12F3NO4/c13-12(14,15)7-20-11(17)16-9-3-1-8(2-4-9)10-18-5-6-19-10/h1-4,10H,5-7H2,(H,16,17). The van der Waals surface area contributed by atoms with Crippen LogP contribution in [0.25, 0.3) is 0 Å². The van der Waals surface area contributed by atoms with Gasteiger partial charge in [-0.3, -0.25) is 5.32 Å². The maximum atomic E-state index is 11.8. The molecule has 1 aliphatic rings. The van der Waals surface area contributed by atoms with Crippen molar-refractivity contribution in [3.8, 4) is 0 Å². The van der Waals surface area contributed by atoms with Crippen molar-refractivity contribution in [1.29, 1.82) is 0 Å². The van der Waals surface area contributed by atoms with Gasteiger partial charge in [0.05, 0.1) is 13.2 Å². The van der Waals surface area contributed by atoms with Gasteiger partial charge in [-0.05, 0) is 12.1 Å². The van der Waals surface area contributed by atoms with E-state index in [0.29, 0.717) is 18.9 Å². The van der Waals surface area contributed by atoms with Crippen molar-refractivity contribution in [3.63, 3.8) is 0 Å². The average Bonchev–Trinajstić information content (AvgIpc) is 2.90. The number of nitrogens with one attached hydrogen (secondary N) is 1. The number of hydrogen-bond acceptors (Lipinski definition) is 4. The van der Waals surface area contributed by atoms with Gasteiger partial charge in [-0.15, -0.1) is 0 Å². The molecule has 0 aromatic heterocycles. The molecule has 0 aliphatic carbocycles. The van der Waals surface area contributed by atoms with E-state index in [4.69, 9.17) is 9.47 Å². The number of carbonyl (C=O) groups is 1. The molecule has 0 radical (unpaired) electrons. The summed E-state index contributed by atoms with van der Waals surface area (Å²) in [6, 6.07) is 6.34. The van der Waals surface area contributed by atoms with Gasteiger partial charge in [0.15, 0.2) is 12.9 Å². The van der Waals surface area contributed by atoms with E-state index >= 15 is 0 Å². The normalized spacial score (nSPS) is 16.1. The van der Waals surface area contributed by atoms with Crippen LogP contribution in [0.4, 0.5) is 23.7 Å². The van der Waals surface area contributed by atoms with E-state index in [2.05, 4.69) is 10.1 Å². The van der Waals surface area contributed by atoms with Gasteiger partial charge in [-0.1, -0.05) is 12.1 Å². The molecule has 0 saturated carbocycles. The first-order chi connectivity index (χ1) is 9.44. The van der Waals surface area contributed by atoms with Crippen molar-refractivity contribution in [2.45, 2.75) is 12.5 Å². The summed E-state index contributed by atoms with van der Waals surface area (Å²) in [6.45, 7) is -0.608. The molecule has 110 valence electrons. The molecule has 8 heteroatoms. The topological polar surface area (TPSA) is 56.8 Å². The molecule has 2 rings (SSSR count). The molecule has 1 amide bonds. The fourth-order valence-corrected chi connectivity index (χ4v) is 1.58. The zero-order valence-electron chi connectivity index (χ0n) is 10.3. The maximum Gasteiger partial charge on any atom is 0.422 e. The molecule has 1 heterocycles. The number of ether oxygens (including phenoxy) is 3. The minimum atomic E-state index is -4.54. The van der Waals surface area contributed by atoms with Crippen LogP contribution in [-0.4, -0.2) is 32.1 Å². The average molecular weight is 291 g/mol. The highest BCUT2D eigenvalue weighted by atomic mass is 19.4. The van der Waals surface area contributed by atoms with E-state index in [0.717, 1.165) is 5.56 Å². The third kappa shape index (κ3) is 4.39. The molecule has 0 unspecified atom stereocenters. The largest absolute Gasteiger partial charge is 0.440 e. The lowest BCUT2D eigenvalue weighted by atomic mass is 10.2. The Balaban J connectivity index is 1.85. The molecule has 0 spiro atoms. The minimum Gasteiger partial charge on any atom is -0.440 e. The van der Waals surface area contributed by atoms with Crippen molar-refractivity contribution < 1.29 is 32.2 Å². The van der Waals surface area contributed by atoms with Crippen LogP contribution in [0, 0.1) is 0 Å². The fraction of sp³-hybridized carbons (Fsp3) is 0.417. The highest BCUT2D eigenvalue weighted by molar-refractivity contribution is 5.84. The fourth-order valence-electron chi connectivity index (χ4n) is 1.58. The van der Waals surface area contributed by atoms with Crippen LogP contribution in [0.5, 0.6) is 0 Å². The van der Waals surface area contributed by atoms with Crippen LogP contribution in [0.1, 0.15) is 11.9 Å². The summed E-state index contributed by atoms with van der Waals surface area (Å²) in [4.78, 5) is 11.1. The highest BCUT2D eigenvalue weighted by Crippen LogP contribution is 2.24. The van der Waals surface area contributed by atoms with Gasteiger partial charge >= 0.3 is 12.3 Å². The van der Waals surface area contributed by atoms with E-state index < -0.39 is 25.2 Å². The summed E-state index contributed by atoms with van der Waals surface area (Å²) in [5.41, 5.74) is 1.08. The first-order valence-electron chi connectivity index (χ1n) is 5.78. The van der Waals surface area contributed by atoms with Crippen molar-refractivity contribution >= 4 is 11.8 Å². The van der Waals surface area contributed by atoms with Gasteiger partial charge < -0.3 is 14.2 Å². The second-order valence-corrected chi connectivity index (χ2v) is 4.01. The third-order valence-corrected chi connectivity index (χ3v) is 2.42. The maximum absolute atomic E-state index is 11.8. The molecular weight excluding hydrogens is 279 g/mol. The lowest BCUT2D eigenvalue weighted by Gasteiger charge is -2.11. The van der Waals surface area contributed by atoms with Crippen LogP contribution in [-0.2, 0) is 14.2 Å². The number of halogens is 3. The lowest BCUT2D eigenvalue weighted by Crippen LogP contribution is -2.23.